The second-order valence-corrected chi connectivity index (χ2v) is 6.22. The van der Waals surface area contributed by atoms with Gasteiger partial charge in [-0.15, -0.1) is 0 Å². The normalized spacial score (nSPS) is 13.7. The SMILES string of the molecule is CCN(CC(C)C(=O)O)S(=O)(=O)c1c(C)noc1C. The lowest BCUT2D eigenvalue weighted by Crippen LogP contribution is -2.37. The van der Waals surface area contributed by atoms with E-state index in [1.807, 2.05) is 0 Å². The van der Waals surface area contributed by atoms with Crippen molar-refractivity contribution in [1.29, 1.82) is 0 Å². The van der Waals surface area contributed by atoms with E-state index in [1.165, 1.54) is 20.8 Å². The van der Waals surface area contributed by atoms with Crippen molar-refractivity contribution in [1.82, 2.24) is 9.46 Å². The molecule has 0 spiro atoms. The molecule has 0 saturated heterocycles. The Kier molecular flexibility index (Phi) is 4.70. The fourth-order valence-electron chi connectivity index (χ4n) is 1.75. The molecule has 108 valence electrons. The molecule has 0 radical (unpaired) electrons. The molecule has 1 aromatic heterocycles. The number of hydrogen-bond donors (Lipinski definition) is 1. The lowest BCUT2D eigenvalue weighted by atomic mass is 10.2. The number of carbonyl (C=O) groups is 1. The first-order valence-electron chi connectivity index (χ1n) is 5.87. The molecule has 1 aromatic rings. The molecular weight excluding hydrogens is 272 g/mol. The van der Waals surface area contributed by atoms with Crippen molar-refractivity contribution in [2.45, 2.75) is 32.6 Å². The van der Waals surface area contributed by atoms with Crippen molar-refractivity contribution in [2.75, 3.05) is 13.1 Å². The molecule has 0 amide bonds. The fourth-order valence-corrected chi connectivity index (χ4v) is 3.58. The van der Waals surface area contributed by atoms with Crippen molar-refractivity contribution in [3.05, 3.63) is 11.5 Å². The number of aromatic nitrogens is 1. The first kappa shape index (κ1) is 15.6. The summed E-state index contributed by atoms with van der Waals surface area (Å²) in [6, 6.07) is 0. The zero-order valence-electron chi connectivity index (χ0n) is 11.4. The van der Waals surface area contributed by atoms with E-state index < -0.39 is 21.9 Å². The molecule has 0 aliphatic heterocycles. The maximum Gasteiger partial charge on any atom is 0.307 e. The van der Waals surface area contributed by atoms with E-state index in [0.29, 0.717) is 0 Å². The van der Waals surface area contributed by atoms with Crippen LogP contribution in [0.5, 0.6) is 0 Å². The largest absolute Gasteiger partial charge is 0.481 e. The lowest BCUT2D eigenvalue weighted by molar-refractivity contribution is -0.141. The van der Waals surface area contributed by atoms with Crippen LogP contribution >= 0.6 is 0 Å². The Balaban J connectivity index is 3.13. The minimum absolute atomic E-state index is 0.0203. The summed E-state index contributed by atoms with van der Waals surface area (Å²) in [4.78, 5) is 10.9. The Morgan fingerprint density at radius 2 is 2.05 bits per heavy atom. The molecule has 1 N–H and O–H groups in total. The molecule has 0 aliphatic carbocycles. The zero-order valence-corrected chi connectivity index (χ0v) is 12.2. The number of carboxylic acid groups (broad SMARTS) is 1. The number of hydrogen-bond acceptors (Lipinski definition) is 5. The Morgan fingerprint density at radius 1 is 1.47 bits per heavy atom. The van der Waals surface area contributed by atoms with Crippen LogP contribution in [0, 0.1) is 19.8 Å². The van der Waals surface area contributed by atoms with Gasteiger partial charge in [0.2, 0.25) is 10.0 Å². The Labute approximate surface area is 112 Å². The van der Waals surface area contributed by atoms with Gasteiger partial charge in [-0.25, -0.2) is 8.42 Å². The van der Waals surface area contributed by atoms with E-state index in [2.05, 4.69) is 5.16 Å². The summed E-state index contributed by atoms with van der Waals surface area (Å²) in [5, 5.41) is 12.5. The monoisotopic (exact) mass is 290 g/mol. The summed E-state index contributed by atoms with van der Waals surface area (Å²) < 4.78 is 30.9. The number of nitrogens with zero attached hydrogens (tertiary/aromatic N) is 2. The topological polar surface area (TPSA) is 101 Å². The average molecular weight is 290 g/mol. The fraction of sp³-hybridized carbons (Fsp3) is 0.636. The van der Waals surface area contributed by atoms with Gasteiger partial charge in [0, 0.05) is 13.1 Å². The second-order valence-electron chi connectivity index (χ2n) is 4.35. The first-order chi connectivity index (χ1) is 8.71. The van der Waals surface area contributed by atoms with Crippen molar-refractivity contribution in [3.63, 3.8) is 0 Å². The third-order valence-corrected chi connectivity index (χ3v) is 5.00. The van der Waals surface area contributed by atoms with E-state index in [-0.39, 0.29) is 29.4 Å². The first-order valence-corrected chi connectivity index (χ1v) is 7.31. The van der Waals surface area contributed by atoms with Gasteiger partial charge in [-0.05, 0) is 13.8 Å². The smallest absolute Gasteiger partial charge is 0.307 e. The maximum absolute atomic E-state index is 12.5. The zero-order chi connectivity index (χ0) is 14.8. The minimum Gasteiger partial charge on any atom is -0.481 e. The number of sulfonamides is 1. The third kappa shape index (κ3) is 3.13. The predicted octanol–water partition coefficient (Wildman–Crippen LogP) is 1.02. The van der Waals surface area contributed by atoms with E-state index >= 15 is 0 Å². The summed E-state index contributed by atoms with van der Waals surface area (Å²) in [5.41, 5.74) is 0.277. The van der Waals surface area contributed by atoms with Gasteiger partial charge >= 0.3 is 5.97 Å². The van der Waals surface area contributed by atoms with Gasteiger partial charge in [0.05, 0.1) is 5.92 Å². The van der Waals surface area contributed by atoms with Crippen LogP contribution in [-0.2, 0) is 14.8 Å². The molecule has 19 heavy (non-hydrogen) atoms. The third-order valence-electron chi connectivity index (χ3n) is 2.82. The summed E-state index contributed by atoms with van der Waals surface area (Å²) >= 11 is 0. The summed E-state index contributed by atoms with van der Waals surface area (Å²) in [5.74, 6) is -1.61. The molecule has 8 heteroatoms. The van der Waals surface area contributed by atoms with Crippen molar-refractivity contribution < 1.29 is 22.8 Å². The maximum atomic E-state index is 12.5. The molecule has 1 rings (SSSR count). The van der Waals surface area contributed by atoms with E-state index in [0.717, 1.165) is 4.31 Å². The highest BCUT2D eigenvalue weighted by Crippen LogP contribution is 2.23. The van der Waals surface area contributed by atoms with Gasteiger partial charge in [-0.3, -0.25) is 4.79 Å². The molecule has 1 atom stereocenters. The Morgan fingerprint density at radius 3 is 2.42 bits per heavy atom. The quantitative estimate of drug-likeness (QED) is 0.839. The lowest BCUT2D eigenvalue weighted by Gasteiger charge is -2.22. The van der Waals surface area contributed by atoms with Gasteiger partial charge < -0.3 is 9.63 Å². The van der Waals surface area contributed by atoms with Crippen LogP contribution in [0.2, 0.25) is 0 Å². The van der Waals surface area contributed by atoms with Crippen molar-refractivity contribution >= 4 is 16.0 Å². The molecule has 1 unspecified atom stereocenters. The number of aryl methyl sites for hydroxylation is 2. The number of carboxylic acids is 1. The molecule has 0 saturated carbocycles. The van der Waals surface area contributed by atoms with E-state index in [1.54, 1.807) is 6.92 Å². The van der Waals surface area contributed by atoms with Gasteiger partial charge in [0.1, 0.15) is 10.6 Å². The molecule has 0 aromatic carbocycles. The van der Waals surface area contributed by atoms with Crippen LogP contribution in [0.25, 0.3) is 0 Å². The minimum atomic E-state index is -3.78. The van der Waals surface area contributed by atoms with E-state index in [4.69, 9.17) is 9.63 Å². The van der Waals surface area contributed by atoms with Crippen LogP contribution < -0.4 is 0 Å². The van der Waals surface area contributed by atoms with Crippen LogP contribution in [0.4, 0.5) is 0 Å². The highest BCUT2D eigenvalue weighted by atomic mass is 32.2. The summed E-state index contributed by atoms with van der Waals surface area (Å²) in [7, 11) is -3.78. The van der Waals surface area contributed by atoms with Crippen LogP contribution in [0.1, 0.15) is 25.3 Å². The standard InChI is InChI=1S/C11H18N2O5S/c1-5-13(6-7(2)11(14)15)19(16,17)10-8(3)12-18-9(10)4/h7H,5-6H2,1-4H3,(H,14,15). The van der Waals surface area contributed by atoms with Crippen LogP contribution in [0.15, 0.2) is 9.42 Å². The van der Waals surface area contributed by atoms with E-state index in [9.17, 15) is 13.2 Å². The van der Waals surface area contributed by atoms with Crippen molar-refractivity contribution in [2.24, 2.45) is 5.92 Å². The van der Waals surface area contributed by atoms with Crippen molar-refractivity contribution in [3.8, 4) is 0 Å². The van der Waals surface area contributed by atoms with Crippen LogP contribution in [-0.4, -0.2) is 42.0 Å². The highest BCUT2D eigenvalue weighted by Gasteiger charge is 2.31. The van der Waals surface area contributed by atoms with Gasteiger partial charge in [0.15, 0.2) is 5.76 Å². The molecular formula is C11H18N2O5S. The second kappa shape index (κ2) is 5.70. The molecule has 7 nitrogen and oxygen atoms in total. The predicted molar refractivity (Wildman–Crippen MR) is 67.2 cm³/mol. The molecule has 1 heterocycles. The molecule has 0 aliphatic rings. The van der Waals surface area contributed by atoms with Gasteiger partial charge in [-0.2, -0.15) is 4.31 Å². The van der Waals surface area contributed by atoms with Gasteiger partial charge in [-0.1, -0.05) is 19.0 Å². The highest BCUT2D eigenvalue weighted by molar-refractivity contribution is 7.89. The summed E-state index contributed by atoms with van der Waals surface area (Å²) in [6.45, 7) is 6.28. The number of aliphatic carboxylic acids is 1. The van der Waals surface area contributed by atoms with Gasteiger partial charge in [0.25, 0.3) is 0 Å². The average Bonchev–Trinajstić information content (AvgIpc) is 2.65. The Bertz CT molecular complexity index is 544. The molecule has 0 fully saturated rings. The van der Waals surface area contributed by atoms with Crippen LogP contribution in [0.3, 0.4) is 0 Å². The summed E-state index contributed by atoms with van der Waals surface area (Å²) in [6.07, 6.45) is 0. The molecule has 0 bridgehead atoms. The Hall–Kier alpha value is -1.41. The number of rotatable bonds is 6.